The maximum atomic E-state index is 13.3. The molecule has 1 heterocycles. The van der Waals surface area contributed by atoms with Crippen LogP contribution in [0.4, 0.5) is 5.69 Å². The van der Waals surface area contributed by atoms with Crippen molar-refractivity contribution in [1.29, 1.82) is 0 Å². The van der Waals surface area contributed by atoms with Crippen LogP contribution in [0, 0.1) is 13.8 Å². The quantitative estimate of drug-likeness (QED) is 0.666. The van der Waals surface area contributed by atoms with Crippen LogP contribution in [0.3, 0.4) is 0 Å². The van der Waals surface area contributed by atoms with Gasteiger partial charge in [-0.25, -0.2) is 0 Å². The number of amides is 1. The van der Waals surface area contributed by atoms with Gasteiger partial charge in [0.05, 0.1) is 5.69 Å². The monoisotopic (exact) mass is 334 g/mol. The molecule has 0 spiro atoms. The number of carbonyl (C=O) groups is 1. The van der Waals surface area contributed by atoms with Gasteiger partial charge in [0.15, 0.2) is 0 Å². The number of aromatic nitrogens is 1. The lowest BCUT2D eigenvalue weighted by Crippen LogP contribution is -2.31. The lowest BCUT2D eigenvalue weighted by molar-refractivity contribution is 0.0988. The third-order valence-electron chi connectivity index (χ3n) is 5.07. The first-order chi connectivity index (χ1) is 12.1. The van der Waals surface area contributed by atoms with Crippen molar-refractivity contribution >= 4 is 22.5 Å². The maximum Gasteiger partial charge on any atom is 0.258 e. The van der Waals surface area contributed by atoms with Gasteiger partial charge in [-0.15, -0.1) is 0 Å². The molecule has 0 unspecified atom stereocenters. The number of nitrogens with zero attached hydrogens (tertiary/aromatic N) is 1. The maximum absolute atomic E-state index is 13.3. The fourth-order valence-electron chi connectivity index (χ4n) is 3.50. The molecule has 0 saturated carbocycles. The number of aryl methyl sites for hydroxylation is 1. The Kier molecular flexibility index (Phi) is 4.93. The van der Waals surface area contributed by atoms with E-state index in [1.807, 2.05) is 42.3 Å². The van der Waals surface area contributed by atoms with Gasteiger partial charge in [0.25, 0.3) is 5.91 Å². The second-order valence-corrected chi connectivity index (χ2v) is 6.54. The summed E-state index contributed by atoms with van der Waals surface area (Å²) in [7, 11) is 0. The lowest BCUT2D eigenvalue weighted by Gasteiger charge is -2.22. The SMILES string of the molecule is CCCc1ccc(C(=O)N(CC)c2c[nH]c3ccccc23)c(C)c1C. The number of nitrogens with one attached hydrogen (secondary N) is 1. The van der Waals surface area contributed by atoms with E-state index in [-0.39, 0.29) is 5.91 Å². The third-order valence-corrected chi connectivity index (χ3v) is 5.07. The number of benzene rings is 2. The summed E-state index contributed by atoms with van der Waals surface area (Å²) in [6.07, 6.45) is 4.10. The van der Waals surface area contributed by atoms with Crippen LogP contribution in [0.25, 0.3) is 10.9 Å². The molecule has 3 nitrogen and oxygen atoms in total. The van der Waals surface area contributed by atoms with Gasteiger partial charge in [-0.05, 0) is 56.0 Å². The molecule has 25 heavy (non-hydrogen) atoms. The molecule has 2 aromatic carbocycles. The van der Waals surface area contributed by atoms with E-state index in [0.29, 0.717) is 6.54 Å². The largest absolute Gasteiger partial charge is 0.359 e. The minimum Gasteiger partial charge on any atom is -0.359 e. The van der Waals surface area contributed by atoms with E-state index >= 15 is 0 Å². The molecular weight excluding hydrogens is 308 g/mol. The zero-order valence-corrected chi connectivity index (χ0v) is 15.5. The molecule has 0 radical (unpaired) electrons. The fourth-order valence-corrected chi connectivity index (χ4v) is 3.50. The van der Waals surface area contributed by atoms with Crippen LogP contribution in [0.2, 0.25) is 0 Å². The van der Waals surface area contributed by atoms with Crippen LogP contribution in [0.15, 0.2) is 42.6 Å². The van der Waals surface area contributed by atoms with Crippen molar-refractivity contribution in [1.82, 2.24) is 4.98 Å². The van der Waals surface area contributed by atoms with Crippen molar-refractivity contribution in [2.75, 3.05) is 11.4 Å². The first-order valence-electron chi connectivity index (χ1n) is 9.05. The summed E-state index contributed by atoms with van der Waals surface area (Å²) in [5.41, 5.74) is 6.46. The third kappa shape index (κ3) is 3.07. The second kappa shape index (κ2) is 7.14. The number of fused-ring (bicyclic) bond motifs is 1. The van der Waals surface area contributed by atoms with Crippen LogP contribution in [-0.4, -0.2) is 17.4 Å². The molecule has 0 fully saturated rings. The number of rotatable bonds is 5. The highest BCUT2D eigenvalue weighted by Gasteiger charge is 2.21. The van der Waals surface area contributed by atoms with E-state index in [0.717, 1.165) is 40.6 Å². The molecule has 0 atom stereocenters. The summed E-state index contributed by atoms with van der Waals surface area (Å²) < 4.78 is 0. The van der Waals surface area contributed by atoms with Gasteiger partial charge in [-0.2, -0.15) is 0 Å². The van der Waals surface area contributed by atoms with E-state index in [4.69, 9.17) is 0 Å². The van der Waals surface area contributed by atoms with Gasteiger partial charge in [-0.1, -0.05) is 37.6 Å². The molecular formula is C22H26N2O. The number of anilines is 1. The van der Waals surface area contributed by atoms with Crippen molar-refractivity contribution in [2.24, 2.45) is 0 Å². The average Bonchev–Trinajstić information content (AvgIpc) is 3.04. The van der Waals surface area contributed by atoms with Crippen molar-refractivity contribution in [3.8, 4) is 0 Å². The molecule has 1 N–H and O–H groups in total. The fraction of sp³-hybridized carbons (Fsp3) is 0.318. The first kappa shape index (κ1) is 17.3. The molecule has 3 rings (SSSR count). The Balaban J connectivity index is 2.02. The van der Waals surface area contributed by atoms with Gasteiger partial charge in [-0.3, -0.25) is 4.79 Å². The summed E-state index contributed by atoms with van der Waals surface area (Å²) >= 11 is 0. The van der Waals surface area contributed by atoms with Crippen molar-refractivity contribution < 1.29 is 4.79 Å². The predicted molar refractivity (Wildman–Crippen MR) is 106 cm³/mol. The van der Waals surface area contributed by atoms with Crippen LogP contribution in [-0.2, 0) is 6.42 Å². The average molecular weight is 334 g/mol. The highest BCUT2D eigenvalue weighted by atomic mass is 16.2. The van der Waals surface area contributed by atoms with Gasteiger partial charge < -0.3 is 9.88 Å². The minimum atomic E-state index is 0.0656. The van der Waals surface area contributed by atoms with E-state index in [9.17, 15) is 4.79 Å². The van der Waals surface area contributed by atoms with Gasteiger partial charge >= 0.3 is 0 Å². The van der Waals surface area contributed by atoms with Crippen LogP contribution >= 0.6 is 0 Å². The summed E-state index contributed by atoms with van der Waals surface area (Å²) in [6.45, 7) is 9.02. The van der Waals surface area contributed by atoms with Gasteiger partial charge in [0.2, 0.25) is 0 Å². The van der Waals surface area contributed by atoms with Crippen LogP contribution in [0.1, 0.15) is 47.3 Å². The zero-order chi connectivity index (χ0) is 18.0. The molecule has 1 aromatic heterocycles. The number of hydrogen-bond donors (Lipinski definition) is 1. The van der Waals surface area contributed by atoms with E-state index in [2.05, 4.69) is 37.9 Å². The van der Waals surface area contributed by atoms with Crippen molar-refractivity contribution in [2.45, 2.75) is 40.5 Å². The Morgan fingerprint density at radius 2 is 1.80 bits per heavy atom. The highest BCUT2D eigenvalue weighted by Crippen LogP contribution is 2.29. The van der Waals surface area contributed by atoms with E-state index < -0.39 is 0 Å². The molecule has 130 valence electrons. The van der Waals surface area contributed by atoms with Gasteiger partial charge in [0, 0.05) is 29.2 Å². The number of carbonyl (C=O) groups excluding carboxylic acids is 1. The highest BCUT2D eigenvalue weighted by molar-refractivity contribution is 6.11. The summed E-state index contributed by atoms with van der Waals surface area (Å²) in [5.74, 6) is 0.0656. The van der Waals surface area contributed by atoms with Crippen molar-refractivity contribution in [3.05, 3.63) is 64.8 Å². The van der Waals surface area contributed by atoms with Crippen LogP contribution in [0.5, 0.6) is 0 Å². The molecule has 0 saturated heterocycles. The zero-order valence-electron chi connectivity index (χ0n) is 15.5. The molecule has 3 heteroatoms. The van der Waals surface area contributed by atoms with E-state index in [1.165, 1.54) is 11.1 Å². The lowest BCUT2D eigenvalue weighted by atomic mass is 9.95. The summed E-state index contributed by atoms with van der Waals surface area (Å²) in [6, 6.07) is 12.2. The molecule has 1 amide bonds. The number of para-hydroxylation sites is 1. The number of hydrogen-bond acceptors (Lipinski definition) is 1. The predicted octanol–water partition coefficient (Wildman–Crippen LogP) is 5.40. The number of H-pyrrole nitrogens is 1. The molecule has 0 bridgehead atoms. The molecule has 0 aliphatic rings. The van der Waals surface area contributed by atoms with Gasteiger partial charge in [0.1, 0.15) is 0 Å². The molecule has 0 aliphatic heterocycles. The Morgan fingerprint density at radius 3 is 2.52 bits per heavy atom. The van der Waals surface area contributed by atoms with Crippen LogP contribution < -0.4 is 4.90 Å². The smallest absolute Gasteiger partial charge is 0.258 e. The number of aromatic amines is 1. The Hall–Kier alpha value is -2.55. The summed E-state index contributed by atoms with van der Waals surface area (Å²) in [5, 5.41) is 1.08. The van der Waals surface area contributed by atoms with E-state index in [1.54, 1.807) is 0 Å². The van der Waals surface area contributed by atoms with Crippen molar-refractivity contribution in [3.63, 3.8) is 0 Å². The topological polar surface area (TPSA) is 36.1 Å². The Bertz CT molecular complexity index is 908. The molecule has 3 aromatic rings. The normalized spacial score (nSPS) is 11.0. The molecule has 0 aliphatic carbocycles. The first-order valence-corrected chi connectivity index (χ1v) is 9.05. The Labute approximate surface area is 149 Å². The summed E-state index contributed by atoms with van der Waals surface area (Å²) in [4.78, 5) is 18.4. The Morgan fingerprint density at radius 1 is 1.04 bits per heavy atom. The standard InChI is InChI=1S/C22H26N2O/c1-5-9-17-12-13-18(16(4)15(17)3)22(25)24(6-2)21-14-23-20-11-8-7-10-19(20)21/h7-8,10-14,23H,5-6,9H2,1-4H3. The minimum absolute atomic E-state index is 0.0656. The second-order valence-electron chi connectivity index (χ2n) is 6.54.